The van der Waals surface area contributed by atoms with Crippen molar-refractivity contribution in [3.63, 3.8) is 0 Å². The van der Waals surface area contributed by atoms with Gasteiger partial charge in [-0.25, -0.2) is 0 Å². The number of carbonyl (C=O) groups is 2. The fraction of sp³-hybridized carbons (Fsp3) is 0.385. The third-order valence-corrected chi connectivity index (χ3v) is 2.69. The molecule has 0 fully saturated rings. The lowest BCUT2D eigenvalue weighted by atomic mass is 10.2. The lowest BCUT2D eigenvalue weighted by molar-refractivity contribution is -0.117. The molecule has 0 aliphatic rings. The highest BCUT2D eigenvalue weighted by Gasteiger charge is 2.11. The Morgan fingerprint density at radius 1 is 1.37 bits per heavy atom. The van der Waals surface area contributed by atoms with E-state index in [0.29, 0.717) is 29.4 Å². The molecule has 0 saturated carbocycles. The third-order valence-electron chi connectivity index (χ3n) is 2.37. The van der Waals surface area contributed by atoms with Gasteiger partial charge in [-0.05, 0) is 25.1 Å². The summed E-state index contributed by atoms with van der Waals surface area (Å²) in [4.78, 5) is 23.3. The Balaban J connectivity index is 2.78. The van der Waals surface area contributed by atoms with Gasteiger partial charge in [-0.1, -0.05) is 11.6 Å². The number of hydrogen-bond acceptors (Lipinski definition) is 3. The topological polar surface area (TPSA) is 67.4 Å². The van der Waals surface area contributed by atoms with Gasteiger partial charge in [-0.3, -0.25) is 9.59 Å². The monoisotopic (exact) mass is 284 g/mol. The first kappa shape index (κ1) is 15.5. The second-order valence-electron chi connectivity index (χ2n) is 3.85. The van der Waals surface area contributed by atoms with Gasteiger partial charge in [0.1, 0.15) is 0 Å². The first-order valence-electron chi connectivity index (χ1n) is 5.95. The van der Waals surface area contributed by atoms with Gasteiger partial charge in [0, 0.05) is 19.3 Å². The van der Waals surface area contributed by atoms with Gasteiger partial charge in [-0.2, -0.15) is 0 Å². The van der Waals surface area contributed by atoms with Crippen LogP contribution in [0.3, 0.4) is 0 Å². The van der Waals surface area contributed by atoms with Gasteiger partial charge in [-0.15, -0.1) is 0 Å². The van der Waals surface area contributed by atoms with E-state index in [1.54, 1.807) is 18.2 Å². The van der Waals surface area contributed by atoms with Crippen molar-refractivity contribution < 1.29 is 14.3 Å². The molecule has 0 unspecified atom stereocenters. The van der Waals surface area contributed by atoms with E-state index in [4.69, 9.17) is 16.3 Å². The molecular weight excluding hydrogens is 268 g/mol. The molecule has 104 valence electrons. The van der Waals surface area contributed by atoms with E-state index in [1.807, 2.05) is 6.92 Å². The summed E-state index contributed by atoms with van der Waals surface area (Å²) >= 11 is 5.95. The predicted molar refractivity (Wildman–Crippen MR) is 74.6 cm³/mol. The molecule has 2 N–H and O–H groups in total. The number of hydrogen-bond donors (Lipinski definition) is 2. The molecule has 1 rings (SSSR count). The molecule has 0 saturated heterocycles. The normalized spacial score (nSPS) is 10.1. The van der Waals surface area contributed by atoms with Crippen molar-refractivity contribution in [3.8, 4) is 0 Å². The number of benzene rings is 1. The van der Waals surface area contributed by atoms with Crippen LogP contribution in [-0.2, 0) is 9.53 Å². The van der Waals surface area contributed by atoms with E-state index in [9.17, 15) is 9.59 Å². The highest BCUT2D eigenvalue weighted by molar-refractivity contribution is 6.34. The Bertz CT molecular complexity index is 463. The number of nitrogens with one attached hydrogen (secondary N) is 2. The summed E-state index contributed by atoms with van der Waals surface area (Å²) in [5.41, 5.74) is 0.875. The Hall–Kier alpha value is -1.59. The van der Waals surface area contributed by atoms with Gasteiger partial charge in [0.25, 0.3) is 5.91 Å². The molecule has 2 amide bonds. The minimum atomic E-state index is -0.263. The Kier molecular flexibility index (Phi) is 6.32. The Morgan fingerprint density at radius 2 is 2.11 bits per heavy atom. The molecular formula is C13H17ClN2O3. The molecule has 0 aliphatic carbocycles. The molecule has 0 bridgehead atoms. The molecule has 0 heterocycles. The molecule has 6 heteroatoms. The average Bonchev–Trinajstić information content (AvgIpc) is 2.39. The lowest BCUT2D eigenvalue weighted by Gasteiger charge is -2.09. The van der Waals surface area contributed by atoms with Crippen molar-refractivity contribution >= 4 is 29.1 Å². The zero-order valence-corrected chi connectivity index (χ0v) is 11.7. The lowest BCUT2D eigenvalue weighted by Crippen LogP contribution is -2.23. The number of rotatable bonds is 6. The minimum Gasteiger partial charge on any atom is -0.384 e. The van der Waals surface area contributed by atoms with Crippen LogP contribution in [0.15, 0.2) is 18.2 Å². The molecule has 0 aromatic heterocycles. The average molecular weight is 285 g/mol. The minimum absolute atomic E-state index is 0.175. The van der Waals surface area contributed by atoms with Crippen molar-refractivity contribution in [1.29, 1.82) is 0 Å². The Morgan fingerprint density at radius 3 is 2.74 bits per heavy atom. The van der Waals surface area contributed by atoms with E-state index < -0.39 is 0 Å². The maximum atomic E-state index is 11.7. The highest BCUT2D eigenvalue weighted by atomic mass is 35.5. The number of anilines is 1. The quantitative estimate of drug-likeness (QED) is 0.840. The summed E-state index contributed by atoms with van der Waals surface area (Å²) < 4.78 is 4.82. The molecule has 0 aliphatic heterocycles. The number of ether oxygens (including phenoxy) is 1. The second-order valence-corrected chi connectivity index (χ2v) is 4.25. The van der Waals surface area contributed by atoms with Crippen molar-refractivity contribution in [3.05, 3.63) is 28.8 Å². The standard InChI is InChI=1S/C13H17ClN2O3/c1-3-15-13(18)10-8-9(4-5-11(10)14)16-12(17)6-7-19-2/h4-5,8H,3,6-7H2,1-2H3,(H,15,18)(H,16,17). The van der Waals surface area contributed by atoms with Crippen molar-refractivity contribution in [1.82, 2.24) is 5.32 Å². The van der Waals surface area contributed by atoms with Gasteiger partial charge in [0.05, 0.1) is 23.6 Å². The molecule has 5 nitrogen and oxygen atoms in total. The fourth-order valence-corrected chi connectivity index (χ4v) is 1.65. The number of carbonyl (C=O) groups excluding carboxylic acids is 2. The Labute approximate surface area is 117 Å². The first-order chi connectivity index (χ1) is 9.08. The molecule has 1 aromatic rings. The number of amides is 2. The maximum absolute atomic E-state index is 11.7. The molecule has 0 spiro atoms. The summed E-state index contributed by atoms with van der Waals surface area (Å²) in [5.74, 6) is -0.438. The van der Waals surface area contributed by atoms with Crippen LogP contribution in [-0.4, -0.2) is 32.1 Å². The van der Waals surface area contributed by atoms with Crippen molar-refractivity contribution in [2.75, 3.05) is 25.6 Å². The summed E-state index contributed by atoms with van der Waals surface area (Å²) in [6, 6.07) is 4.78. The highest BCUT2D eigenvalue weighted by Crippen LogP contribution is 2.20. The molecule has 0 radical (unpaired) electrons. The van der Waals surface area contributed by atoms with Crippen LogP contribution < -0.4 is 10.6 Å². The molecule has 19 heavy (non-hydrogen) atoms. The van der Waals surface area contributed by atoms with Crippen molar-refractivity contribution in [2.24, 2.45) is 0 Å². The number of halogens is 1. The van der Waals surface area contributed by atoms with E-state index >= 15 is 0 Å². The first-order valence-corrected chi connectivity index (χ1v) is 6.32. The van der Waals surface area contributed by atoms with E-state index in [1.165, 1.54) is 7.11 Å². The molecule has 1 aromatic carbocycles. The van der Waals surface area contributed by atoms with Crippen molar-refractivity contribution in [2.45, 2.75) is 13.3 Å². The third kappa shape index (κ3) is 4.89. The van der Waals surface area contributed by atoms with Gasteiger partial charge in [0.2, 0.25) is 5.91 Å². The number of methoxy groups -OCH3 is 1. The van der Waals surface area contributed by atoms with Crippen LogP contribution in [0.5, 0.6) is 0 Å². The summed E-state index contributed by atoms with van der Waals surface area (Å²) in [5, 5.41) is 5.69. The summed E-state index contributed by atoms with van der Waals surface area (Å²) in [7, 11) is 1.53. The summed E-state index contributed by atoms with van der Waals surface area (Å²) in [6.45, 7) is 2.68. The van der Waals surface area contributed by atoms with Crippen LogP contribution in [0.1, 0.15) is 23.7 Å². The van der Waals surface area contributed by atoms with Crippen LogP contribution >= 0.6 is 11.6 Å². The zero-order chi connectivity index (χ0) is 14.3. The SMILES string of the molecule is CCNC(=O)c1cc(NC(=O)CCOC)ccc1Cl. The van der Waals surface area contributed by atoms with Crippen LogP contribution in [0.4, 0.5) is 5.69 Å². The van der Waals surface area contributed by atoms with E-state index in [-0.39, 0.29) is 18.2 Å². The predicted octanol–water partition coefficient (Wildman–Crippen LogP) is 2.06. The second kappa shape index (κ2) is 7.76. The molecule has 0 atom stereocenters. The zero-order valence-electron chi connectivity index (χ0n) is 11.0. The maximum Gasteiger partial charge on any atom is 0.252 e. The van der Waals surface area contributed by atoms with Gasteiger partial charge >= 0.3 is 0 Å². The van der Waals surface area contributed by atoms with Gasteiger partial charge in [0.15, 0.2) is 0 Å². The van der Waals surface area contributed by atoms with E-state index in [2.05, 4.69) is 10.6 Å². The fourth-order valence-electron chi connectivity index (χ4n) is 1.45. The van der Waals surface area contributed by atoms with Gasteiger partial charge < -0.3 is 15.4 Å². The van der Waals surface area contributed by atoms with Crippen LogP contribution in [0, 0.1) is 0 Å². The summed E-state index contributed by atoms with van der Waals surface area (Å²) in [6.07, 6.45) is 0.260. The smallest absolute Gasteiger partial charge is 0.252 e. The van der Waals surface area contributed by atoms with Crippen LogP contribution in [0.2, 0.25) is 5.02 Å². The van der Waals surface area contributed by atoms with E-state index in [0.717, 1.165) is 0 Å². The largest absolute Gasteiger partial charge is 0.384 e. The van der Waals surface area contributed by atoms with Crippen LogP contribution in [0.25, 0.3) is 0 Å².